The fraction of sp³-hybridized carbons (Fsp3) is 0.300. The molecular weight excluding hydrogens is 302 g/mol. The average Bonchev–Trinajstić information content (AvgIpc) is 2.87. The predicted molar refractivity (Wildman–Crippen MR) is 90.4 cm³/mol. The summed E-state index contributed by atoms with van der Waals surface area (Å²) in [6.45, 7) is 0.577. The number of rotatable bonds is 4. The Bertz CT molecular complexity index is 777. The highest BCUT2D eigenvalue weighted by molar-refractivity contribution is 6.21. The molecule has 24 heavy (non-hydrogen) atoms. The summed E-state index contributed by atoms with van der Waals surface area (Å²) in [6.07, 6.45) is 4.73. The molecule has 4 heteroatoms. The summed E-state index contributed by atoms with van der Waals surface area (Å²) in [6, 6.07) is 13.1. The van der Waals surface area contributed by atoms with Crippen LogP contribution in [0.25, 0.3) is 0 Å². The third kappa shape index (κ3) is 2.58. The standard InChI is InChI=1S/C20H19NO3/c22-19-17-7-3-4-8-18(17)20(23)21(19)11-12-24-16-10-9-14-5-1-2-6-15(14)13-16/h3-4,7-10,13H,1-2,5-6,11-12H2. The van der Waals surface area contributed by atoms with Crippen molar-refractivity contribution in [3.8, 4) is 5.75 Å². The summed E-state index contributed by atoms with van der Waals surface area (Å²) >= 11 is 0. The summed E-state index contributed by atoms with van der Waals surface area (Å²) in [7, 11) is 0. The van der Waals surface area contributed by atoms with E-state index in [1.165, 1.54) is 28.9 Å². The molecule has 1 heterocycles. The number of amides is 2. The lowest BCUT2D eigenvalue weighted by atomic mass is 9.92. The first-order valence-electron chi connectivity index (χ1n) is 8.44. The molecule has 2 aliphatic rings. The number of hydrogen-bond donors (Lipinski definition) is 0. The molecule has 0 bridgehead atoms. The Morgan fingerprint density at radius 1 is 0.875 bits per heavy atom. The minimum Gasteiger partial charge on any atom is -0.492 e. The van der Waals surface area contributed by atoms with E-state index in [2.05, 4.69) is 12.1 Å². The van der Waals surface area contributed by atoms with Crippen LogP contribution in [0.5, 0.6) is 5.75 Å². The van der Waals surface area contributed by atoms with E-state index < -0.39 is 0 Å². The van der Waals surface area contributed by atoms with Crippen LogP contribution < -0.4 is 4.74 Å². The van der Waals surface area contributed by atoms with Gasteiger partial charge in [0.2, 0.25) is 0 Å². The van der Waals surface area contributed by atoms with Gasteiger partial charge in [0.05, 0.1) is 17.7 Å². The average molecular weight is 321 g/mol. The zero-order chi connectivity index (χ0) is 16.5. The van der Waals surface area contributed by atoms with E-state index in [0.29, 0.717) is 17.7 Å². The lowest BCUT2D eigenvalue weighted by Gasteiger charge is -2.18. The summed E-state index contributed by atoms with van der Waals surface area (Å²) in [5.41, 5.74) is 3.74. The Hall–Kier alpha value is -2.62. The van der Waals surface area contributed by atoms with E-state index in [1.807, 2.05) is 6.07 Å². The van der Waals surface area contributed by atoms with E-state index in [0.717, 1.165) is 18.6 Å². The molecule has 0 aromatic heterocycles. The molecule has 0 saturated heterocycles. The lowest BCUT2D eigenvalue weighted by molar-refractivity contribution is 0.0631. The molecule has 4 rings (SSSR count). The molecule has 2 aromatic carbocycles. The van der Waals surface area contributed by atoms with Crippen molar-refractivity contribution in [2.45, 2.75) is 25.7 Å². The van der Waals surface area contributed by atoms with Crippen LogP contribution in [0.2, 0.25) is 0 Å². The van der Waals surface area contributed by atoms with Gasteiger partial charge < -0.3 is 4.74 Å². The van der Waals surface area contributed by atoms with Crippen LogP contribution in [0.4, 0.5) is 0 Å². The summed E-state index contributed by atoms with van der Waals surface area (Å²) in [4.78, 5) is 25.8. The number of imide groups is 1. The van der Waals surface area contributed by atoms with Gasteiger partial charge in [-0.2, -0.15) is 0 Å². The Labute approximate surface area is 141 Å². The van der Waals surface area contributed by atoms with Gasteiger partial charge in [-0.3, -0.25) is 14.5 Å². The highest BCUT2D eigenvalue weighted by atomic mass is 16.5. The first-order chi connectivity index (χ1) is 11.7. The molecule has 0 radical (unpaired) electrons. The zero-order valence-corrected chi connectivity index (χ0v) is 13.5. The molecule has 0 saturated carbocycles. The summed E-state index contributed by atoms with van der Waals surface area (Å²) in [5.74, 6) is 0.349. The number of ether oxygens (including phenoxy) is 1. The number of benzene rings is 2. The van der Waals surface area contributed by atoms with E-state index in [-0.39, 0.29) is 18.4 Å². The van der Waals surface area contributed by atoms with Crippen LogP contribution in [-0.2, 0) is 12.8 Å². The van der Waals surface area contributed by atoms with Crippen molar-refractivity contribution in [1.29, 1.82) is 0 Å². The molecule has 4 nitrogen and oxygen atoms in total. The van der Waals surface area contributed by atoms with Crippen molar-refractivity contribution in [3.63, 3.8) is 0 Å². The van der Waals surface area contributed by atoms with E-state index in [1.54, 1.807) is 24.3 Å². The quantitative estimate of drug-likeness (QED) is 0.812. The molecule has 2 amide bonds. The maximum absolute atomic E-state index is 12.3. The molecule has 0 spiro atoms. The first kappa shape index (κ1) is 14.9. The fourth-order valence-corrected chi connectivity index (χ4v) is 3.50. The van der Waals surface area contributed by atoms with Gasteiger partial charge in [-0.15, -0.1) is 0 Å². The second-order valence-electron chi connectivity index (χ2n) is 6.29. The Balaban J connectivity index is 1.40. The van der Waals surface area contributed by atoms with E-state index in [9.17, 15) is 9.59 Å². The summed E-state index contributed by atoms with van der Waals surface area (Å²) < 4.78 is 5.78. The number of fused-ring (bicyclic) bond motifs is 2. The van der Waals surface area contributed by atoms with E-state index in [4.69, 9.17) is 4.74 Å². The molecule has 0 fully saturated rings. The number of aryl methyl sites for hydroxylation is 2. The van der Waals surface area contributed by atoms with Gasteiger partial charge in [0, 0.05) is 0 Å². The van der Waals surface area contributed by atoms with Crippen molar-refractivity contribution in [1.82, 2.24) is 4.90 Å². The Kier molecular flexibility index (Phi) is 3.81. The van der Waals surface area contributed by atoms with Crippen molar-refractivity contribution in [3.05, 3.63) is 64.7 Å². The van der Waals surface area contributed by atoms with Crippen LogP contribution >= 0.6 is 0 Å². The summed E-state index contributed by atoms with van der Waals surface area (Å²) in [5, 5.41) is 0. The van der Waals surface area contributed by atoms with Gasteiger partial charge in [-0.25, -0.2) is 0 Å². The van der Waals surface area contributed by atoms with Crippen LogP contribution in [0, 0.1) is 0 Å². The molecule has 1 aliphatic carbocycles. The van der Waals surface area contributed by atoms with Crippen LogP contribution in [0.15, 0.2) is 42.5 Å². The van der Waals surface area contributed by atoms with Crippen molar-refractivity contribution >= 4 is 11.8 Å². The van der Waals surface area contributed by atoms with Gasteiger partial charge >= 0.3 is 0 Å². The van der Waals surface area contributed by atoms with Gasteiger partial charge in [0.25, 0.3) is 11.8 Å². The molecule has 122 valence electrons. The SMILES string of the molecule is O=C1c2ccccc2C(=O)N1CCOc1ccc2c(c1)CCCC2. The van der Waals surface area contributed by atoms with Gasteiger partial charge in [-0.05, 0) is 61.1 Å². The number of carbonyl (C=O) groups is 2. The van der Waals surface area contributed by atoms with Gasteiger partial charge in [0.1, 0.15) is 12.4 Å². The second-order valence-corrected chi connectivity index (χ2v) is 6.29. The normalized spacial score (nSPS) is 16.1. The first-order valence-corrected chi connectivity index (χ1v) is 8.44. The Morgan fingerprint density at radius 2 is 1.54 bits per heavy atom. The minimum absolute atomic E-state index is 0.232. The van der Waals surface area contributed by atoms with Crippen molar-refractivity contribution < 1.29 is 14.3 Å². The van der Waals surface area contributed by atoms with Crippen LogP contribution in [0.1, 0.15) is 44.7 Å². The number of hydrogen-bond acceptors (Lipinski definition) is 3. The van der Waals surface area contributed by atoms with E-state index >= 15 is 0 Å². The molecule has 0 N–H and O–H groups in total. The molecule has 1 aliphatic heterocycles. The third-order valence-electron chi connectivity index (χ3n) is 4.78. The monoisotopic (exact) mass is 321 g/mol. The largest absolute Gasteiger partial charge is 0.492 e. The topological polar surface area (TPSA) is 46.6 Å². The molecule has 2 aromatic rings. The highest BCUT2D eigenvalue weighted by Crippen LogP contribution is 2.26. The molecule has 0 atom stereocenters. The predicted octanol–water partition coefficient (Wildman–Crippen LogP) is 3.24. The smallest absolute Gasteiger partial charge is 0.261 e. The third-order valence-corrected chi connectivity index (χ3v) is 4.78. The van der Waals surface area contributed by atoms with Crippen LogP contribution in [0.3, 0.4) is 0 Å². The zero-order valence-electron chi connectivity index (χ0n) is 13.5. The molecular formula is C20H19NO3. The fourth-order valence-electron chi connectivity index (χ4n) is 3.50. The van der Waals surface area contributed by atoms with Gasteiger partial charge in [-0.1, -0.05) is 18.2 Å². The number of carbonyl (C=O) groups excluding carboxylic acids is 2. The maximum Gasteiger partial charge on any atom is 0.261 e. The number of nitrogens with zero attached hydrogens (tertiary/aromatic N) is 1. The highest BCUT2D eigenvalue weighted by Gasteiger charge is 2.34. The molecule has 0 unspecified atom stereocenters. The maximum atomic E-state index is 12.3. The Morgan fingerprint density at radius 3 is 2.25 bits per heavy atom. The van der Waals surface area contributed by atoms with Gasteiger partial charge in [0.15, 0.2) is 0 Å². The second kappa shape index (κ2) is 6.11. The minimum atomic E-state index is -0.232. The van der Waals surface area contributed by atoms with Crippen molar-refractivity contribution in [2.24, 2.45) is 0 Å². The lowest BCUT2D eigenvalue weighted by Crippen LogP contribution is -2.33. The van der Waals surface area contributed by atoms with Crippen LogP contribution in [-0.4, -0.2) is 29.9 Å². The van der Waals surface area contributed by atoms with Crippen molar-refractivity contribution in [2.75, 3.05) is 13.2 Å².